The molecule has 0 atom stereocenters. The van der Waals surface area contributed by atoms with Crippen molar-refractivity contribution in [1.82, 2.24) is 4.90 Å². The number of aliphatic hydroxyl groups excluding tert-OH is 1. The van der Waals surface area contributed by atoms with Crippen LogP contribution in [-0.2, 0) is 4.79 Å². The summed E-state index contributed by atoms with van der Waals surface area (Å²) in [7, 11) is 0. The van der Waals surface area contributed by atoms with E-state index in [-0.39, 0.29) is 25.1 Å². The van der Waals surface area contributed by atoms with Crippen LogP contribution in [0.1, 0.15) is 36.2 Å². The van der Waals surface area contributed by atoms with Gasteiger partial charge in [-0.1, -0.05) is 24.0 Å². The molecule has 5 heteroatoms. The van der Waals surface area contributed by atoms with Gasteiger partial charge in [0, 0.05) is 18.0 Å². The lowest BCUT2D eigenvalue weighted by Crippen LogP contribution is -2.43. The first-order valence-corrected chi connectivity index (χ1v) is 6.75. The quantitative estimate of drug-likeness (QED) is 0.784. The lowest BCUT2D eigenvalue weighted by molar-refractivity contribution is -0.119. The van der Waals surface area contributed by atoms with Crippen molar-refractivity contribution in [2.24, 2.45) is 5.73 Å². The third-order valence-electron chi connectivity index (χ3n) is 2.83. The van der Waals surface area contributed by atoms with E-state index >= 15 is 0 Å². The van der Waals surface area contributed by atoms with Crippen LogP contribution in [0.15, 0.2) is 24.3 Å². The van der Waals surface area contributed by atoms with Gasteiger partial charge >= 0.3 is 0 Å². The molecular formula is C16H20N2O3. The predicted octanol–water partition coefficient (Wildman–Crippen LogP) is 0.756. The summed E-state index contributed by atoms with van der Waals surface area (Å²) in [6, 6.07) is 6.78. The Labute approximate surface area is 124 Å². The molecule has 2 amide bonds. The zero-order valence-electron chi connectivity index (χ0n) is 12.3. The van der Waals surface area contributed by atoms with Crippen LogP contribution in [0.3, 0.4) is 0 Å². The fraction of sp³-hybridized carbons (Fsp3) is 0.375. The van der Waals surface area contributed by atoms with Crippen molar-refractivity contribution in [2.75, 3.05) is 13.2 Å². The molecule has 0 saturated heterocycles. The van der Waals surface area contributed by atoms with Crippen molar-refractivity contribution in [2.45, 2.75) is 26.3 Å². The first-order chi connectivity index (χ1) is 9.97. The Bertz CT molecular complexity index is 570. The SMILES string of the molecule is CC(C)N(CC(N)=O)C(=O)c1ccccc1C#CCCO. The van der Waals surface area contributed by atoms with Gasteiger partial charge in [0.2, 0.25) is 5.91 Å². The minimum atomic E-state index is -0.555. The predicted molar refractivity (Wildman–Crippen MR) is 80.4 cm³/mol. The number of benzene rings is 1. The maximum absolute atomic E-state index is 12.6. The molecule has 0 saturated carbocycles. The van der Waals surface area contributed by atoms with Gasteiger partial charge in [-0.25, -0.2) is 0 Å². The zero-order valence-corrected chi connectivity index (χ0v) is 12.3. The molecule has 5 nitrogen and oxygen atoms in total. The molecule has 0 unspecified atom stereocenters. The highest BCUT2D eigenvalue weighted by Gasteiger charge is 2.22. The van der Waals surface area contributed by atoms with Crippen molar-refractivity contribution in [3.05, 3.63) is 35.4 Å². The minimum Gasteiger partial charge on any atom is -0.395 e. The summed E-state index contributed by atoms with van der Waals surface area (Å²) in [5, 5.41) is 8.75. The van der Waals surface area contributed by atoms with E-state index in [4.69, 9.17) is 10.8 Å². The number of carbonyl (C=O) groups excluding carboxylic acids is 2. The largest absolute Gasteiger partial charge is 0.395 e. The van der Waals surface area contributed by atoms with Crippen molar-refractivity contribution >= 4 is 11.8 Å². The van der Waals surface area contributed by atoms with Gasteiger partial charge in [0.1, 0.15) is 0 Å². The lowest BCUT2D eigenvalue weighted by Gasteiger charge is -2.25. The van der Waals surface area contributed by atoms with E-state index in [1.807, 2.05) is 13.8 Å². The third kappa shape index (κ3) is 4.93. The number of hydrogen-bond acceptors (Lipinski definition) is 3. The number of nitrogens with two attached hydrogens (primary N) is 1. The Morgan fingerprint density at radius 1 is 1.33 bits per heavy atom. The maximum atomic E-state index is 12.6. The number of amides is 2. The fourth-order valence-electron chi connectivity index (χ4n) is 1.80. The lowest BCUT2D eigenvalue weighted by atomic mass is 10.1. The highest BCUT2D eigenvalue weighted by Crippen LogP contribution is 2.13. The first kappa shape index (κ1) is 16.7. The standard InChI is InChI=1S/C16H20N2O3/c1-12(2)18(11-15(17)20)16(21)14-9-4-3-7-13(14)8-5-6-10-19/h3-4,7,9,12,19H,6,10-11H2,1-2H3,(H2,17,20). The van der Waals surface area contributed by atoms with Crippen molar-refractivity contribution in [3.63, 3.8) is 0 Å². The van der Waals surface area contributed by atoms with Crippen LogP contribution in [0, 0.1) is 11.8 Å². The molecule has 1 rings (SSSR count). The number of aliphatic hydroxyl groups is 1. The van der Waals surface area contributed by atoms with Gasteiger partial charge in [0.25, 0.3) is 5.91 Å². The number of hydrogen-bond donors (Lipinski definition) is 2. The number of carbonyl (C=O) groups is 2. The third-order valence-corrected chi connectivity index (χ3v) is 2.83. The summed E-state index contributed by atoms with van der Waals surface area (Å²) in [5.41, 5.74) is 6.20. The number of nitrogens with zero attached hydrogens (tertiary/aromatic N) is 1. The second-order valence-corrected chi connectivity index (χ2v) is 4.81. The number of primary amides is 1. The van der Waals surface area contributed by atoms with E-state index in [9.17, 15) is 9.59 Å². The summed E-state index contributed by atoms with van der Waals surface area (Å²) in [4.78, 5) is 25.1. The number of rotatable bonds is 5. The highest BCUT2D eigenvalue weighted by atomic mass is 16.2. The van der Waals surface area contributed by atoms with E-state index in [0.717, 1.165) is 0 Å². The fourth-order valence-corrected chi connectivity index (χ4v) is 1.80. The van der Waals surface area contributed by atoms with E-state index < -0.39 is 5.91 Å². The zero-order chi connectivity index (χ0) is 15.8. The molecule has 0 spiro atoms. The topological polar surface area (TPSA) is 83.6 Å². The maximum Gasteiger partial charge on any atom is 0.255 e. The highest BCUT2D eigenvalue weighted by molar-refractivity contribution is 5.98. The van der Waals surface area contributed by atoms with Gasteiger partial charge in [-0.15, -0.1) is 0 Å². The molecule has 3 N–H and O–H groups in total. The van der Waals surface area contributed by atoms with E-state index in [1.54, 1.807) is 24.3 Å². The Morgan fingerprint density at radius 3 is 2.57 bits per heavy atom. The van der Waals surface area contributed by atoms with Gasteiger partial charge < -0.3 is 15.7 Å². The van der Waals surface area contributed by atoms with Crippen LogP contribution in [0.25, 0.3) is 0 Å². The molecule has 0 aliphatic rings. The van der Waals surface area contributed by atoms with Gasteiger partial charge in [-0.05, 0) is 26.0 Å². The van der Waals surface area contributed by atoms with Crippen LogP contribution in [0.2, 0.25) is 0 Å². The van der Waals surface area contributed by atoms with Gasteiger partial charge in [0.15, 0.2) is 0 Å². The first-order valence-electron chi connectivity index (χ1n) is 6.75. The van der Waals surface area contributed by atoms with E-state index in [1.165, 1.54) is 4.90 Å². The van der Waals surface area contributed by atoms with Crippen LogP contribution in [-0.4, -0.2) is 41.0 Å². The van der Waals surface area contributed by atoms with E-state index in [0.29, 0.717) is 17.5 Å². The Morgan fingerprint density at radius 2 is 2.00 bits per heavy atom. The molecule has 0 bridgehead atoms. The van der Waals surface area contributed by atoms with Crippen molar-refractivity contribution in [3.8, 4) is 11.8 Å². The molecule has 0 heterocycles. The molecule has 112 valence electrons. The summed E-state index contributed by atoms with van der Waals surface area (Å²) < 4.78 is 0. The molecule has 1 aromatic carbocycles. The Balaban J connectivity index is 3.11. The molecule has 21 heavy (non-hydrogen) atoms. The normalized spacial score (nSPS) is 9.90. The smallest absolute Gasteiger partial charge is 0.255 e. The molecule has 0 radical (unpaired) electrons. The van der Waals surface area contributed by atoms with Crippen LogP contribution in [0.5, 0.6) is 0 Å². The van der Waals surface area contributed by atoms with Crippen molar-refractivity contribution < 1.29 is 14.7 Å². The van der Waals surface area contributed by atoms with E-state index in [2.05, 4.69) is 11.8 Å². The minimum absolute atomic E-state index is 0.0249. The summed E-state index contributed by atoms with van der Waals surface area (Å²) >= 11 is 0. The molecule has 0 aliphatic heterocycles. The average molecular weight is 288 g/mol. The Hall–Kier alpha value is -2.32. The molecule has 0 aromatic heterocycles. The van der Waals surface area contributed by atoms with Gasteiger partial charge in [0.05, 0.1) is 18.7 Å². The second-order valence-electron chi connectivity index (χ2n) is 4.81. The van der Waals surface area contributed by atoms with Gasteiger partial charge in [-0.3, -0.25) is 9.59 Å². The Kier molecular flexibility index (Phi) is 6.44. The van der Waals surface area contributed by atoms with Crippen LogP contribution >= 0.6 is 0 Å². The molecular weight excluding hydrogens is 268 g/mol. The molecule has 1 aromatic rings. The summed E-state index contributed by atoms with van der Waals surface area (Å²) in [6.07, 6.45) is 0.345. The second kappa shape index (κ2) is 8.08. The van der Waals surface area contributed by atoms with Gasteiger partial charge in [-0.2, -0.15) is 0 Å². The van der Waals surface area contributed by atoms with Crippen LogP contribution < -0.4 is 5.73 Å². The average Bonchev–Trinajstić information content (AvgIpc) is 2.44. The van der Waals surface area contributed by atoms with Crippen LogP contribution in [0.4, 0.5) is 0 Å². The monoisotopic (exact) mass is 288 g/mol. The summed E-state index contributed by atoms with van der Waals surface area (Å²) in [5.74, 6) is 4.83. The van der Waals surface area contributed by atoms with Crippen molar-refractivity contribution in [1.29, 1.82) is 0 Å². The molecule has 0 aliphatic carbocycles. The molecule has 0 fully saturated rings. The summed E-state index contributed by atoms with van der Waals surface area (Å²) in [6.45, 7) is 3.49.